The topological polar surface area (TPSA) is 79.2 Å². The van der Waals surface area contributed by atoms with Gasteiger partial charge in [-0.05, 0) is 18.6 Å². The minimum absolute atomic E-state index is 0.142. The highest BCUT2D eigenvalue weighted by Gasteiger charge is 2.25. The van der Waals surface area contributed by atoms with Crippen molar-refractivity contribution in [2.24, 2.45) is 7.05 Å². The summed E-state index contributed by atoms with van der Waals surface area (Å²) in [5, 5.41) is 0. The fourth-order valence-electron chi connectivity index (χ4n) is 4.47. The second-order valence-electron chi connectivity index (χ2n) is 8.83. The first-order valence-corrected chi connectivity index (χ1v) is 11.4. The minimum atomic E-state index is -0.525. The van der Waals surface area contributed by atoms with Crippen molar-refractivity contribution < 1.29 is 4.39 Å². The van der Waals surface area contributed by atoms with Crippen molar-refractivity contribution in [2.75, 3.05) is 31.1 Å². The lowest BCUT2D eigenvalue weighted by atomic mass is 10.1. The monoisotopic (exact) mass is 462 g/mol. The van der Waals surface area contributed by atoms with E-state index in [0.29, 0.717) is 30.2 Å². The third-order valence-corrected chi connectivity index (χ3v) is 6.46. The van der Waals surface area contributed by atoms with Crippen LogP contribution in [0.15, 0.2) is 58.1 Å². The van der Waals surface area contributed by atoms with Crippen LogP contribution in [0.2, 0.25) is 0 Å². The molecule has 4 aromatic rings. The summed E-state index contributed by atoms with van der Waals surface area (Å²) >= 11 is 0. The molecule has 1 saturated heterocycles. The number of rotatable bonds is 5. The number of fused-ring (bicyclic) bond motifs is 1. The molecule has 5 rings (SSSR count). The van der Waals surface area contributed by atoms with Gasteiger partial charge in [0, 0.05) is 45.3 Å². The molecule has 1 aliphatic rings. The van der Waals surface area contributed by atoms with Gasteiger partial charge in [-0.15, -0.1) is 0 Å². The fraction of sp³-hybridized carbons (Fsp3) is 0.320. The summed E-state index contributed by atoms with van der Waals surface area (Å²) in [6.07, 6.45) is 0. The van der Waals surface area contributed by atoms with Crippen LogP contribution in [-0.4, -0.2) is 50.2 Å². The molecule has 0 spiro atoms. The smallest absolute Gasteiger partial charge is 0.329 e. The molecule has 9 heteroatoms. The zero-order valence-electron chi connectivity index (χ0n) is 19.3. The molecule has 1 aliphatic heterocycles. The first-order valence-electron chi connectivity index (χ1n) is 11.4. The SMILES string of the molecule is Cc1ccc(CN2CCN(c3nc4c(c(=O)[nH]c(=O)n4C)n3Cc3ccccc3F)CC2)cc1. The van der Waals surface area contributed by atoms with Crippen LogP contribution in [-0.2, 0) is 20.1 Å². The number of benzene rings is 2. The maximum Gasteiger partial charge on any atom is 0.329 e. The summed E-state index contributed by atoms with van der Waals surface area (Å²) in [7, 11) is 1.57. The van der Waals surface area contributed by atoms with Crippen LogP contribution in [0.25, 0.3) is 11.2 Å². The van der Waals surface area contributed by atoms with E-state index < -0.39 is 11.2 Å². The van der Waals surface area contributed by atoms with E-state index in [1.165, 1.54) is 21.8 Å². The van der Waals surface area contributed by atoms with Crippen LogP contribution in [0.3, 0.4) is 0 Å². The number of H-pyrrole nitrogens is 1. The lowest BCUT2D eigenvalue weighted by Gasteiger charge is -2.35. The van der Waals surface area contributed by atoms with Gasteiger partial charge in [0.1, 0.15) is 5.82 Å². The van der Waals surface area contributed by atoms with Gasteiger partial charge >= 0.3 is 5.69 Å². The van der Waals surface area contributed by atoms with Gasteiger partial charge in [0.05, 0.1) is 6.54 Å². The molecule has 0 amide bonds. The summed E-state index contributed by atoms with van der Waals surface area (Å²) in [5.41, 5.74) is 2.48. The molecule has 2 aromatic carbocycles. The second kappa shape index (κ2) is 8.90. The number of nitrogens with one attached hydrogen (secondary N) is 1. The van der Waals surface area contributed by atoms with Gasteiger partial charge in [-0.25, -0.2) is 9.18 Å². The molecule has 2 aromatic heterocycles. The van der Waals surface area contributed by atoms with E-state index in [0.717, 1.165) is 19.6 Å². The Morgan fingerprint density at radius 3 is 2.38 bits per heavy atom. The van der Waals surface area contributed by atoms with Gasteiger partial charge in [-0.1, -0.05) is 48.0 Å². The maximum atomic E-state index is 14.5. The second-order valence-corrected chi connectivity index (χ2v) is 8.83. The summed E-state index contributed by atoms with van der Waals surface area (Å²) in [6, 6.07) is 15.1. The van der Waals surface area contributed by atoms with Crippen molar-refractivity contribution in [3.8, 4) is 0 Å². The lowest BCUT2D eigenvalue weighted by molar-refractivity contribution is 0.248. The highest BCUT2D eigenvalue weighted by atomic mass is 19.1. The number of imidazole rings is 1. The molecule has 1 N–H and O–H groups in total. The van der Waals surface area contributed by atoms with E-state index in [4.69, 9.17) is 4.98 Å². The molecule has 0 aliphatic carbocycles. The number of nitrogens with zero attached hydrogens (tertiary/aromatic N) is 5. The Labute approximate surface area is 195 Å². The molecular formula is C25H27FN6O2. The van der Waals surface area contributed by atoms with E-state index in [1.807, 2.05) is 0 Å². The molecule has 176 valence electrons. The van der Waals surface area contributed by atoms with E-state index in [-0.39, 0.29) is 17.9 Å². The van der Waals surface area contributed by atoms with Crippen LogP contribution in [0, 0.1) is 12.7 Å². The van der Waals surface area contributed by atoms with Crippen LogP contribution in [0.5, 0.6) is 0 Å². The van der Waals surface area contributed by atoms with Gasteiger partial charge in [0.25, 0.3) is 5.56 Å². The predicted octanol–water partition coefficient (Wildman–Crippen LogP) is 2.24. The Kier molecular flexibility index (Phi) is 5.79. The first-order chi connectivity index (χ1) is 16.4. The Morgan fingerprint density at radius 1 is 0.971 bits per heavy atom. The third-order valence-electron chi connectivity index (χ3n) is 6.46. The van der Waals surface area contributed by atoms with Crippen LogP contribution in [0.4, 0.5) is 10.3 Å². The van der Waals surface area contributed by atoms with Crippen molar-refractivity contribution in [1.82, 2.24) is 24.0 Å². The van der Waals surface area contributed by atoms with Crippen LogP contribution in [0.1, 0.15) is 16.7 Å². The Balaban J connectivity index is 1.47. The number of aryl methyl sites for hydroxylation is 2. The zero-order valence-corrected chi connectivity index (χ0v) is 19.3. The van der Waals surface area contributed by atoms with Gasteiger partial charge in [0.15, 0.2) is 11.2 Å². The number of aromatic amines is 1. The normalized spacial score (nSPS) is 14.7. The number of hydrogen-bond donors (Lipinski definition) is 1. The number of anilines is 1. The molecular weight excluding hydrogens is 435 g/mol. The van der Waals surface area contributed by atoms with Crippen molar-refractivity contribution in [2.45, 2.75) is 20.0 Å². The Morgan fingerprint density at radius 2 is 1.68 bits per heavy atom. The Hall–Kier alpha value is -3.72. The van der Waals surface area contributed by atoms with E-state index >= 15 is 0 Å². The van der Waals surface area contributed by atoms with Crippen molar-refractivity contribution in [3.63, 3.8) is 0 Å². The van der Waals surface area contributed by atoms with Crippen molar-refractivity contribution >= 4 is 17.1 Å². The molecule has 0 saturated carbocycles. The number of halogens is 1. The first kappa shape index (κ1) is 22.1. The highest BCUT2D eigenvalue weighted by molar-refractivity contribution is 5.74. The Bertz CT molecular complexity index is 1450. The molecule has 0 bridgehead atoms. The van der Waals surface area contributed by atoms with Gasteiger partial charge < -0.3 is 4.90 Å². The van der Waals surface area contributed by atoms with Gasteiger partial charge in [-0.2, -0.15) is 4.98 Å². The standard InChI is InChI=1S/C25H27FN6O2/c1-17-7-9-18(10-8-17)15-30-11-13-31(14-12-30)24-27-22-21(23(33)28-25(34)29(22)2)32(24)16-19-5-3-4-6-20(19)26/h3-10H,11-16H2,1-2H3,(H,28,33,34). The molecule has 34 heavy (non-hydrogen) atoms. The molecule has 0 radical (unpaired) electrons. The quantitative estimate of drug-likeness (QED) is 0.492. The molecule has 0 unspecified atom stereocenters. The lowest BCUT2D eigenvalue weighted by Crippen LogP contribution is -2.47. The largest absolute Gasteiger partial charge is 0.340 e. The summed E-state index contributed by atoms with van der Waals surface area (Å²) in [5.74, 6) is 0.222. The van der Waals surface area contributed by atoms with Gasteiger partial charge in [-0.3, -0.25) is 23.8 Å². The average Bonchev–Trinajstić information content (AvgIpc) is 3.21. The van der Waals surface area contributed by atoms with E-state index in [2.05, 4.69) is 46.0 Å². The number of piperazine rings is 1. The molecule has 3 heterocycles. The average molecular weight is 463 g/mol. The van der Waals surface area contributed by atoms with Crippen LogP contribution < -0.4 is 16.1 Å². The predicted molar refractivity (Wildman–Crippen MR) is 130 cm³/mol. The highest BCUT2D eigenvalue weighted by Crippen LogP contribution is 2.23. The number of aromatic nitrogens is 4. The molecule has 8 nitrogen and oxygen atoms in total. The number of hydrogen-bond acceptors (Lipinski definition) is 5. The van der Waals surface area contributed by atoms with E-state index in [9.17, 15) is 14.0 Å². The molecule has 1 fully saturated rings. The van der Waals surface area contributed by atoms with E-state index in [1.54, 1.807) is 29.8 Å². The fourth-order valence-corrected chi connectivity index (χ4v) is 4.47. The van der Waals surface area contributed by atoms with Crippen LogP contribution >= 0.6 is 0 Å². The molecule has 0 atom stereocenters. The van der Waals surface area contributed by atoms with Crippen molar-refractivity contribution in [3.05, 3.63) is 91.9 Å². The summed E-state index contributed by atoms with van der Waals surface area (Å²) < 4.78 is 17.5. The summed E-state index contributed by atoms with van der Waals surface area (Å²) in [4.78, 5) is 36.5. The van der Waals surface area contributed by atoms with Crippen molar-refractivity contribution in [1.29, 1.82) is 0 Å². The van der Waals surface area contributed by atoms with Gasteiger partial charge in [0.2, 0.25) is 5.95 Å². The maximum absolute atomic E-state index is 14.5. The minimum Gasteiger partial charge on any atom is -0.340 e. The third kappa shape index (κ3) is 4.14. The zero-order chi connectivity index (χ0) is 23.8. The summed E-state index contributed by atoms with van der Waals surface area (Å²) in [6.45, 7) is 6.16.